The van der Waals surface area contributed by atoms with Gasteiger partial charge in [-0.15, -0.1) is 0 Å². The molecule has 104 valence electrons. The Morgan fingerprint density at radius 2 is 2.11 bits per heavy atom. The van der Waals surface area contributed by atoms with Crippen LogP contribution in [0.1, 0.15) is 27.7 Å². The number of aromatic nitrogens is 1. The summed E-state index contributed by atoms with van der Waals surface area (Å²) < 4.78 is 4.96. The molecule has 5 nitrogen and oxygen atoms in total. The maximum Gasteiger partial charge on any atom is 0.417 e. The number of hydrogen-bond acceptors (Lipinski definition) is 4. The smallest absolute Gasteiger partial charge is 0.408 e. The zero-order valence-electron chi connectivity index (χ0n) is 11.8. The highest BCUT2D eigenvalue weighted by Gasteiger charge is 2.19. The lowest BCUT2D eigenvalue weighted by Gasteiger charge is -2.28. The van der Waals surface area contributed by atoms with Gasteiger partial charge < -0.3 is 15.5 Å². The normalized spacial score (nSPS) is 13.7. The van der Waals surface area contributed by atoms with Crippen molar-refractivity contribution >= 4 is 22.5 Å². The van der Waals surface area contributed by atoms with Crippen LogP contribution in [0, 0.1) is 11.3 Å². The van der Waals surface area contributed by atoms with Crippen LogP contribution < -0.4 is 16.8 Å². The fourth-order valence-corrected chi connectivity index (χ4v) is 1.74. The molecule has 19 heavy (non-hydrogen) atoms. The van der Waals surface area contributed by atoms with E-state index in [1.165, 1.54) is 0 Å². The monoisotopic (exact) mass is 263 g/mol. The van der Waals surface area contributed by atoms with Crippen LogP contribution in [0.15, 0.2) is 21.3 Å². The average molecular weight is 263 g/mol. The number of anilines is 2. The van der Waals surface area contributed by atoms with Crippen LogP contribution in [0.4, 0.5) is 11.4 Å². The molecule has 1 heterocycles. The molecular weight excluding hydrogens is 242 g/mol. The first kappa shape index (κ1) is 13.5. The van der Waals surface area contributed by atoms with Crippen LogP contribution in [-0.2, 0) is 0 Å². The summed E-state index contributed by atoms with van der Waals surface area (Å²) in [4.78, 5) is 13.8. The number of nitrogens with one attached hydrogen (secondary N) is 2. The standard InChI is InChI=1S/C14H21N3O2/c1-8(14(2,3)4)7-16-10-6-11-12(5-9(10)15)19-13(18)17-11/h5-6,8,16H,7,15H2,1-4H3,(H,17,18). The predicted octanol–water partition coefficient (Wildman–Crippen LogP) is 2.80. The van der Waals surface area contributed by atoms with Gasteiger partial charge in [-0.2, -0.15) is 0 Å². The largest absolute Gasteiger partial charge is 0.417 e. The number of hydrogen-bond donors (Lipinski definition) is 3. The molecule has 0 aliphatic rings. The SMILES string of the molecule is CC(CNc1cc2[nH]c(=O)oc2cc1N)C(C)(C)C. The van der Waals surface area contributed by atoms with Gasteiger partial charge in [0.25, 0.3) is 0 Å². The number of nitrogen functional groups attached to an aromatic ring is 1. The Balaban J connectivity index is 2.21. The van der Waals surface area contributed by atoms with E-state index in [0.29, 0.717) is 22.7 Å². The Morgan fingerprint density at radius 1 is 1.42 bits per heavy atom. The predicted molar refractivity (Wildman–Crippen MR) is 78.4 cm³/mol. The van der Waals surface area contributed by atoms with Gasteiger partial charge in [0.15, 0.2) is 5.58 Å². The Morgan fingerprint density at radius 3 is 2.74 bits per heavy atom. The molecule has 5 heteroatoms. The summed E-state index contributed by atoms with van der Waals surface area (Å²) in [6.07, 6.45) is 0. The van der Waals surface area contributed by atoms with Gasteiger partial charge in [0.2, 0.25) is 0 Å². The number of rotatable bonds is 3. The van der Waals surface area contributed by atoms with Crippen LogP contribution >= 0.6 is 0 Å². The van der Waals surface area contributed by atoms with Gasteiger partial charge in [-0.1, -0.05) is 27.7 Å². The first-order chi connectivity index (χ1) is 8.77. The molecule has 0 aliphatic heterocycles. The number of fused-ring (bicyclic) bond motifs is 1. The Labute approximate surface area is 112 Å². The number of nitrogens with two attached hydrogens (primary N) is 1. The molecule has 1 aromatic carbocycles. The van der Waals surface area contributed by atoms with Crippen molar-refractivity contribution in [1.29, 1.82) is 0 Å². The summed E-state index contributed by atoms with van der Waals surface area (Å²) in [7, 11) is 0. The minimum Gasteiger partial charge on any atom is -0.408 e. The van der Waals surface area contributed by atoms with E-state index in [4.69, 9.17) is 10.2 Å². The van der Waals surface area contributed by atoms with Crippen LogP contribution in [0.2, 0.25) is 0 Å². The highest BCUT2D eigenvalue weighted by atomic mass is 16.4. The van der Waals surface area contributed by atoms with Crippen LogP contribution in [-0.4, -0.2) is 11.5 Å². The third-order valence-corrected chi connectivity index (χ3v) is 3.67. The van der Waals surface area contributed by atoms with Gasteiger partial charge >= 0.3 is 5.76 Å². The summed E-state index contributed by atoms with van der Waals surface area (Å²) >= 11 is 0. The molecule has 0 saturated heterocycles. The van der Waals surface area contributed by atoms with Crippen LogP contribution in [0.25, 0.3) is 11.1 Å². The van der Waals surface area contributed by atoms with Gasteiger partial charge in [0, 0.05) is 12.6 Å². The third-order valence-electron chi connectivity index (χ3n) is 3.67. The van der Waals surface area contributed by atoms with Crippen molar-refractivity contribution < 1.29 is 4.42 Å². The molecule has 0 fully saturated rings. The average Bonchev–Trinajstić information content (AvgIpc) is 2.63. The van der Waals surface area contributed by atoms with Gasteiger partial charge in [-0.05, 0) is 17.4 Å². The van der Waals surface area contributed by atoms with E-state index in [2.05, 4.69) is 38.0 Å². The van der Waals surface area contributed by atoms with Crippen molar-refractivity contribution in [2.75, 3.05) is 17.6 Å². The third kappa shape index (κ3) is 2.92. The summed E-state index contributed by atoms with van der Waals surface area (Å²) in [5.74, 6) is 0.0283. The van der Waals surface area contributed by atoms with Crippen molar-refractivity contribution in [1.82, 2.24) is 4.98 Å². The van der Waals surface area contributed by atoms with Crippen molar-refractivity contribution in [3.63, 3.8) is 0 Å². The number of benzene rings is 1. The highest BCUT2D eigenvalue weighted by molar-refractivity contribution is 5.85. The molecular formula is C14H21N3O2. The molecule has 4 N–H and O–H groups in total. The molecule has 0 amide bonds. The quantitative estimate of drug-likeness (QED) is 0.743. The highest BCUT2D eigenvalue weighted by Crippen LogP contribution is 2.28. The lowest BCUT2D eigenvalue weighted by Crippen LogP contribution is -2.25. The van der Waals surface area contributed by atoms with Gasteiger partial charge in [0.05, 0.1) is 16.9 Å². The second-order valence-corrected chi connectivity index (χ2v) is 6.10. The van der Waals surface area contributed by atoms with Crippen molar-refractivity contribution in [3.05, 3.63) is 22.7 Å². The molecule has 0 radical (unpaired) electrons. The maximum atomic E-state index is 11.1. The summed E-state index contributed by atoms with van der Waals surface area (Å²) in [5.41, 5.74) is 8.73. The van der Waals surface area contributed by atoms with Crippen LogP contribution in [0.3, 0.4) is 0 Å². The van der Waals surface area contributed by atoms with E-state index >= 15 is 0 Å². The van der Waals surface area contributed by atoms with E-state index in [-0.39, 0.29) is 5.41 Å². The summed E-state index contributed by atoms with van der Waals surface area (Å²) in [5, 5.41) is 3.33. The summed E-state index contributed by atoms with van der Waals surface area (Å²) in [6.45, 7) is 9.64. The fourth-order valence-electron chi connectivity index (χ4n) is 1.74. The number of oxazole rings is 1. The van der Waals surface area contributed by atoms with Crippen LogP contribution in [0.5, 0.6) is 0 Å². The second kappa shape index (κ2) is 4.64. The van der Waals surface area contributed by atoms with Gasteiger partial charge in [-0.25, -0.2) is 4.79 Å². The molecule has 2 rings (SSSR count). The van der Waals surface area contributed by atoms with E-state index in [0.717, 1.165) is 12.2 Å². The van der Waals surface area contributed by atoms with Crippen molar-refractivity contribution in [3.8, 4) is 0 Å². The minimum atomic E-state index is -0.463. The second-order valence-electron chi connectivity index (χ2n) is 6.10. The van der Waals surface area contributed by atoms with E-state index in [1.54, 1.807) is 6.07 Å². The van der Waals surface area contributed by atoms with Gasteiger partial charge in [-0.3, -0.25) is 4.98 Å². The lowest BCUT2D eigenvalue weighted by atomic mass is 9.82. The molecule has 1 atom stereocenters. The molecule has 0 bridgehead atoms. The molecule has 1 unspecified atom stereocenters. The zero-order chi connectivity index (χ0) is 14.2. The van der Waals surface area contributed by atoms with E-state index in [9.17, 15) is 4.79 Å². The molecule has 0 saturated carbocycles. The Bertz CT molecular complexity index is 634. The van der Waals surface area contributed by atoms with E-state index < -0.39 is 5.76 Å². The molecule has 2 aromatic rings. The Hall–Kier alpha value is -1.91. The van der Waals surface area contributed by atoms with Crippen molar-refractivity contribution in [2.45, 2.75) is 27.7 Å². The molecule has 1 aromatic heterocycles. The van der Waals surface area contributed by atoms with Gasteiger partial charge in [0.1, 0.15) is 0 Å². The first-order valence-corrected chi connectivity index (χ1v) is 6.43. The Kier molecular flexibility index (Phi) is 3.30. The zero-order valence-corrected chi connectivity index (χ0v) is 11.8. The molecule has 0 aliphatic carbocycles. The maximum absolute atomic E-state index is 11.1. The summed E-state index contributed by atoms with van der Waals surface area (Å²) in [6, 6.07) is 3.47. The van der Waals surface area contributed by atoms with Crippen molar-refractivity contribution in [2.24, 2.45) is 11.3 Å². The van der Waals surface area contributed by atoms with E-state index in [1.807, 2.05) is 6.07 Å². The topological polar surface area (TPSA) is 84.0 Å². The molecule has 0 spiro atoms. The first-order valence-electron chi connectivity index (χ1n) is 6.43. The fraction of sp³-hybridized carbons (Fsp3) is 0.500. The number of aromatic amines is 1. The minimum absolute atomic E-state index is 0.232. The number of H-pyrrole nitrogens is 1. The lowest BCUT2D eigenvalue weighted by molar-refractivity contribution is 0.274.